The number of carbonyl (C=O) groups excluding carboxylic acids is 1. The Hall–Kier alpha value is -2.14. The molecule has 2 aromatic rings. The Bertz CT molecular complexity index is 844. The molecule has 134 valence electrons. The van der Waals surface area contributed by atoms with Gasteiger partial charge in [0.25, 0.3) is 0 Å². The highest BCUT2D eigenvalue weighted by Gasteiger charge is 2.29. The van der Waals surface area contributed by atoms with Gasteiger partial charge in [-0.05, 0) is 44.4 Å². The smallest absolute Gasteiger partial charge is 0.238 e. The maximum absolute atomic E-state index is 12.7. The first kappa shape index (κ1) is 19.2. The molecular weight excluding hydrogens is 334 g/mol. The van der Waals surface area contributed by atoms with Crippen molar-refractivity contribution in [2.24, 2.45) is 0 Å². The molecule has 0 bridgehead atoms. The van der Waals surface area contributed by atoms with Gasteiger partial charge in [0.1, 0.15) is 5.25 Å². The quantitative estimate of drug-likeness (QED) is 0.859. The zero-order valence-electron chi connectivity index (χ0n) is 15.1. The summed E-state index contributed by atoms with van der Waals surface area (Å²) >= 11 is 0. The molecule has 0 aliphatic rings. The van der Waals surface area contributed by atoms with Crippen molar-refractivity contribution in [3.05, 3.63) is 70.8 Å². The number of hydrogen-bond acceptors (Lipinski definition) is 3. The van der Waals surface area contributed by atoms with E-state index in [4.69, 9.17) is 0 Å². The molecule has 0 radical (unpaired) electrons. The molecule has 0 aromatic heterocycles. The molecule has 1 N–H and O–H groups in total. The summed E-state index contributed by atoms with van der Waals surface area (Å²) in [5, 5.41) is 1.70. The van der Waals surface area contributed by atoms with Gasteiger partial charge in [0.15, 0.2) is 9.84 Å². The molecule has 25 heavy (non-hydrogen) atoms. The Kier molecular flexibility index (Phi) is 6.01. The fourth-order valence-electron chi connectivity index (χ4n) is 2.62. The second-order valence-corrected chi connectivity index (χ2v) is 8.84. The van der Waals surface area contributed by atoms with E-state index in [2.05, 4.69) is 5.32 Å². The van der Waals surface area contributed by atoms with Crippen LogP contribution < -0.4 is 5.32 Å². The first-order valence-electron chi connectivity index (χ1n) is 8.33. The fourth-order valence-corrected chi connectivity index (χ4v) is 4.01. The Labute approximate surface area is 150 Å². The number of sulfone groups is 1. The van der Waals surface area contributed by atoms with Crippen molar-refractivity contribution in [2.45, 2.75) is 44.7 Å². The molecule has 0 spiro atoms. The van der Waals surface area contributed by atoms with E-state index in [0.29, 0.717) is 0 Å². The first-order valence-corrected chi connectivity index (χ1v) is 10.1. The van der Waals surface area contributed by atoms with Crippen LogP contribution in [0.15, 0.2) is 48.5 Å². The van der Waals surface area contributed by atoms with Crippen LogP contribution in [0.4, 0.5) is 0 Å². The van der Waals surface area contributed by atoms with E-state index >= 15 is 0 Å². The standard InChI is InChI=1S/C20H25NO3S/c1-14-10-11-15(2)19(12-14)13-25(23,24)17(4)20(22)21-16(3)18-8-6-5-7-9-18/h5-12,16-17H,13H2,1-4H3,(H,21,22)/t16-,17+/m0/s1. The van der Waals surface area contributed by atoms with Crippen LogP contribution in [0.25, 0.3) is 0 Å². The third-order valence-electron chi connectivity index (χ3n) is 4.43. The van der Waals surface area contributed by atoms with Crippen LogP contribution in [-0.2, 0) is 20.4 Å². The molecule has 0 aliphatic carbocycles. The Balaban J connectivity index is 2.10. The molecule has 0 heterocycles. The zero-order valence-corrected chi connectivity index (χ0v) is 15.9. The second kappa shape index (κ2) is 7.83. The van der Waals surface area contributed by atoms with Crippen molar-refractivity contribution in [3.8, 4) is 0 Å². The van der Waals surface area contributed by atoms with E-state index in [0.717, 1.165) is 22.3 Å². The van der Waals surface area contributed by atoms with Gasteiger partial charge < -0.3 is 5.32 Å². The monoisotopic (exact) mass is 359 g/mol. The molecule has 2 rings (SSSR count). The summed E-state index contributed by atoms with van der Waals surface area (Å²) in [4.78, 5) is 12.4. The van der Waals surface area contributed by atoms with E-state index < -0.39 is 21.0 Å². The van der Waals surface area contributed by atoms with Crippen molar-refractivity contribution < 1.29 is 13.2 Å². The number of benzene rings is 2. The number of aryl methyl sites for hydroxylation is 2. The summed E-state index contributed by atoms with van der Waals surface area (Å²) in [6.45, 7) is 7.10. The number of amides is 1. The Morgan fingerprint density at radius 3 is 2.32 bits per heavy atom. The van der Waals surface area contributed by atoms with Gasteiger partial charge >= 0.3 is 0 Å². The minimum absolute atomic E-state index is 0.130. The lowest BCUT2D eigenvalue weighted by atomic mass is 10.1. The van der Waals surface area contributed by atoms with Crippen LogP contribution >= 0.6 is 0 Å². The van der Waals surface area contributed by atoms with Gasteiger partial charge in [0, 0.05) is 0 Å². The van der Waals surface area contributed by atoms with Crippen molar-refractivity contribution in [3.63, 3.8) is 0 Å². The highest BCUT2D eigenvalue weighted by atomic mass is 32.2. The molecule has 0 saturated heterocycles. The lowest BCUT2D eigenvalue weighted by molar-refractivity contribution is -0.121. The summed E-state index contributed by atoms with van der Waals surface area (Å²) in [5.74, 6) is -0.601. The molecule has 2 atom stereocenters. The number of nitrogens with one attached hydrogen (secondary N) is 1. The molecule has 4 nitrogen and oxygen atoms in total. The zero-order chi connectivity index (χ0) is 18.6. The Morgan fingerprint density at radius 1 is 1.04 bits per heavy atom. The normalized spacial score (nSPS) is 13.9. The van der Waals surface area contributed by atoms with Crippen LogP contribution in [0.1, 0.15) is 42.1 Å². The molecule has 0 aliphatic heterocycles. The van der Waals surface area contributed by atoms with Gasteiger partial charge in [0.05, 0.1) is 11.8 Å². The van der Waals surface area contributed by atoms with Crippen LogP contribution in [-0.4, -0.2) is 19.6 Å². The van der Waals surface area contributed by atoms with Gasteiger partial charge in [0.2, 0.25) is 5.91 Å². The lowest BCUT2D eigenvalue weighted by Gasteiger charge is -2.19. The summed E-state index contributed by atoms with van der Waals surface area (Å²) in [7, 11) is -3.59. The van der Waals surface area contributed by atoms with Crippen LogP contribution in [0, 0.1) is 13.8 Å². The van der Waals surface area contributed by atoms with Gasteiger partial charge in [-0.1, -0.05) is 54.1 Å². The number of hydrogen-bond donors (Lipinski definition) is 1. The third-order valence-corrected chi connectivity index (χ3v) is 6.43. The van der Waals surface area contributed by atoms with Crippen molar-refractivity contribution >= 4 is 15.7 Å². The van der Waals surface area contributed by atoms with Crippen molar-refractivity contribution in [1.29, 1.82) is 0 Å². The second-order valence-electron chi connectivity index (χ2n) is 6.52. The molecule has 0 unspecified atom stereocenters. The van der Waals surface area contributed by atoms with Crippen LogP contribution in [0.5, 0.6) is 0 Å². The highest BCUT2D eigenvalue weighted by molar-refractivity contribution is 7.92. The van der Waals surface area contributed by atoms with Crippen LogP contribution in [0.2, 0.25) is 0 Å². The minimum atomic E-state index is -3.59. The molecule has 2 aromatic carbocycles. The van der Waals surface area contributed by atoms with Crippen LogP contribution in [0.3, 0.4) is 0 Å². The predicted octanol–water partition coefficient (Wildman–Crippen LogP) is 3.48. The predicted molar refractivity (Wildman–Crippen MR) is 101 cm³/mol. The molecule has 0 saturated carbocycles. The SMILES string of the molecule is Cc1ccc(C)c(CS(=O)(=O)[C@H](C)C(=O)N[C@@H](C)c2ccccc2)c1. The maximum atomic E-state index is 12.7. The maximum Gasteiger partial charge on any atom is 0.238 e. The van der Waals surface area contributed by atoms with Crippen molar-refractivity contribution in [2.75, 3.05) is 0 Å². The molecule has 1 amide bonds. The molecule has 0 fully saturated rings. The van der Waals surface area contributed by atoms with E-state index in [-0.39, 0.29) is 11.8 Å². The van der Waals surface area contributed by atoms with Gasteiger partial charge in [-0.25, -0.2) is 8.42 Å². The first-order chi connectivity index (χ1) is 11.7. The van der Waals surface area contributed by atoms with Gasteiger partial charge in [-0.3, -0.25) is 4.79 Å². The minimum Gasteiger partial charge on any atom is -0.348 e. The van der Waals surface area contributed by atoms with Gasteiger partial charge in [-0.2, -0.15) is 0 Å². The summed E-state index contributed by atoms with van der Waals surface area (Å²) in [6, 6.07) is 15.0. The van der Waals surface area contributed by atoms with E-state index in [1.54, 1.807) is 0 Å². The highest BCUT2D eigenvalue weighted by Crippen LogP contribution is 2.18. The summed E-state index contributed by atoms with van der Waals surface area (Å²) < 4.78 is 25.3. The van der Waals surface area contributed by atoms with E-state index in [9.17, 15) is 13.2 Å². The third kappa shape index (κ3) is 4.92. The Morgan fingerprint density at radius 2 is 1.68 bits per heavy atom. The number of rotatable bonds is 6. The van der Waals surface area contributed by atoms with Crippen molar-refractivity contribution in [1.82, 2.24) is 5.32 Å². The van der Waals surface area contributed by atoms with E-state index in [1.165, 1.54) is 6.92 Å². The molecule has 5 heteroatoms. The topological polar surface area (TPSA) is 63.2 Å². The largest absolute Gasteiger partial charge is 0.348 e. The average molecular weight is 359 g/mol. The lowest BCUT2D eigenvalue weighted by Crippen LogP contribution is -2.39. The summed E-state index contributed by atoms with van der Waals surface area (Å²) in [6.07, 6.45) is 0. The fraction of sp³-hybridized carbons (Fsp3) is 0.350. The number of carbonyl (C=O) groups is 1. The average Bonchev–Trinajstić information content (AvgIpc) is 2.57. The van der Waals surface area contributed by atoms with Gasteiger partial charge in [-0.15, -0.1) is 0 Å². The summed E-state index contributed by atoms with van der Waals surface area (Å²) in [5.41, 5.74) is 3.61. The molecular formula is C20H25NO3S. The van der Waals surface area contributed by atoms with E-state index in [1.807, 2.05) is 69.3 Å².